The maximum Gasteiger partial charge on any atom is 0.169 e. The highest BCUT2D eigenvalue weighted by molar-refractivity contribution is 5.57. The van der Waals surface area contributed by atoms with E-state index >= 15 is 0 Å². The molecule has 0 saturated carbocycles. The fourth-order valence-corrected chi connectivity index (χ4v) is 2.94. The smallest absolute Gasteiger partial charge is 0.169 e. The van der Waals surface area contributed by atoms with Crippen LogP contribution in [-0.2, 0) is 6.54 Å². The SMILES string of the molecule is Cc1nnc(N2CCN(Cc3ccccc3F)CC2)c(C#N)c1C. The van der Waals surface area contributed by atoms with Gasteiger partial charge in [-0.3, -0.25) is 4.90 Å². The van der Waals surface area contributed by atoms with Crippen molar-refractivity contribution in [3.05, 3.63) is 52.5 Å². The topological polar surface area (TPSA) is 56.1 Å². The number of piperazine rings is 1. The Hall–Kier alpha value is -2.52. The Kier molecular flexibility index (Phi) is 4.72. The Balaban J connectivity index is 1.69. The molecule has 1 saturated heterocycles. The molecular formula is C18H20FN5. The van der Waals surface area contributed by atoms with Gasteiger partial charge in [-0.2, -0.15) is 10.4 Å². The molecule has 2 aromatic rings. The molecule has 0 spiro atoms. The first-order chi connectivity index (χ1) is 11.6. The van der Waals surface area contributed by atoms with Crippen LogP contribution in [-0.4, -0.2) is 41.3 Å². The van der Waals surface area contributed by atoms with Crippen LogP contribution in [0.15, 0.2) is 24.3 Å². The maximum absolute atomic E-state index is 13.8. The summed E-state index contributed by atoms with van der Waals surface area (Å²) < 4.78 is 13.8. The molecule has 1 fully saturated rings. The van der Waals surface area contributed by atoms with Gasteiger partial charge in [-0.1, -0.05) is 18.2 Å². The van der Waals surface area contributed by atoms with Crippen LogP contribution >= 0.6 is 0 Å². The van der Waals surface area contributed by atoms with Crippen LogP contribution in [0.5, 0.6) is 0 Å². The van der Waals surface area contributed by atoms with Crippen LogP contribution in [0.3, 0.4) is 0 Å². The van der Waals surface area contributed by atoms with E-state index in [1.165, 1.54) is 6.07 Å². The first kappa shape index (κ1) is 16.3. The molecular weight excluding hydrogens is 305 g/mol. The molecule has 0 aliphatic carbocycles. The highest BCUT2D eigenvalue weighted by Gasteiger charge is 2.22. The second-order valence-corrected chi connectivity index (χ2v) is 6.08. The van der Waals surface area contributed by atoms with Crippen LogP contribution in [0.2, 0.25) is 0 Å². The number of rotatable bonds is 3. The van der Waals surface area contributed by atoms with Crippen molar-refractivity contribution in [2.75, 3.05) is 31.1 Å². The maximum atomic E-state index is 13.8. The number of benzene rings is 1. The van der Waals surface area contributed by atoms with E-state index in [-0.39, 0.29) is 5.82 Å². The van der Waals surface area contributed by atoms with E-state index in [2.05, 4.69) is 26.1 Å². The molecule has 0 N–H and O–H groups in total. The van der Waals surface area contributed by atoms with Gasteiger partial charge in [0.1, 0.15) is 17.4 Å². The van der Waals surface area contributed by atoms with Gasteiger partial charge < -0.3 is 4.90 Å². The molecule has 124 valence electrons. The van der Waals surface area contributed by atoms with Crippen molar-refractivity contribution in [2.24, 2.45) is 0 Å². The molecule has 1 aliphatic rings. The lowest BCUT2D eigenvalue weighted by Crippen LogP contribution is -2.46. The van der Waals surface area contributed by atoms with Crippen molar-refractivity contribution in [1.29, 1.82) is 5.26 Å². The molecule has 1 aromatic heterocycles. The lowest BCUT2D eigenvalue weighted by molar-refractivity contribution is 0.246. The number of halogens is 1. The third kappa shape index (κ3) is 3.22. The van der Waals surface area contributed by atoms with Crippen molar-refractivity contribution < 1.29 is 4.39 Å². The highest BCUT2D eigenvalue weighted by Crippen LogP contribution is 2.23. The molecule has 0 bridgehead atoms. The lowest BCUT2D eigenvalue weighted by Gasteiger charge is -2.35. The minimum absolute atomic E-state index is 0.160. The van der Waals surface area contributed by atoms with E-state index in [0.717, 1.165) is 43.0 Å². The monoisotopic (exact) mass is 325 g/mol. The summed E-state index contributed by atoms with van der Waals surface area (Å²) in [7, 11) is 0. The number of hydrogen-bond donors (Lipinski definition) is 0. The molecule has 0 radical (unpaired) electrons. The Morgan fingerprint density at radius 1 is 1.12 bits per heavy atom. The zero-order valence-electron chi connectivity index (χ0n) is 14.0. The molecule has 0 unspecified atom stereocenters. The van der Waals surface area contributed by atoms with E-state index in [1.54, 1.807) is 6.07 Å². The Bertz CT molecular complexity index is 775. The summed E-state index contributed by atoms with van der Waals surface area (Å²) in [6.07, 6.45) is 0. The van der Waals surface area contributed by atoms with Crippen molar-refractivity contribution in [3.8, 4) is 6.07 Å². The summed E-state index contributed by atoms with van der Waals surface area (Å²) in [5.74, 6) is 0.498. The van der Waals surface area contributed by atoms with E-state index in [4.69, 9.17) is 0 Å². The second kappa shape index (κ2) is 6.93. The van der Waals surface area contributed by atoms with Gasteiger partial charge in [-0.05, 0) is 25.5 Å². The normalized spacial score (nSPS) is 15.3. The number of aryl methyl sites for hydroxylation is 1. The standard InChI is InChI=1S/C18H20FN5/c1-13-14(2)21-22-18(16(13)11-20)24-9-7-23(8-10-24)12-15-5-3-4-6-17(15)19/h3-6H,7-10,12H2,1-2H3. The van der Waals surface area contributed by atoms with Gasteiger partial charge >= 0.3 is 0 Å². The number of nitrogens with zero attached hydrogens (tertiary/aromatic N) is 5. The van der Waals surface area contributed by atoms with Crippen molar-refractivity contribution in [1.82, 2.24) is 15.1 Å². The number of aromatic nitrogens is 2. The molecule has 0 amide bonds. The molecule has 1 aliphatic heterocycles. The van der Waals surface area contributed by atoms with E-state index in [0.29, 0.717) is 17.9 Å². The van der Waals surface area contributed by atoms with Gasteiger partial charge in [0.15, 0.2) is 5.82 Å². The molecule has 1 aromatic carbocycles. The fraction of sp³-hybridized carbons (Fsp3) is 0.389. The van der Waals surface area contributed by atoms with Crippen molar-refractivity contribution in [2.45, 2.75) is 20.4 Å². The molecule has 0 atom stereocenters. The highest BCUT2D eigenvalue weighted by atomic mass is 19.1. The van der Waals surface area contributed by atoms with Gasteiger partial charge in [0, 0.05) is 38.3 Å². The van der Waals surface area contributed by atoms with Crippen LogP contribution in [0.1, 0.15) is 22.4 Å². The quantitative estimate of drug-likeness (QED) is 0.867. The summed E-state index contributed by atoms with van der Waals surface area (Å²) in [5.41, 5.74) is 2.99. The van der Waals surface area contributed by atoms with E-state index in [1.807, 2.05) is 26.0 Å². The van der Waals surface area contributed by atoms with Crippen LogP contribution < -0.4 is 4.90 Å². The van der Waals surface area contributed by atoms with Crippen LogP contribution in [0.4, 0.5) is 10.2 Å². The van der Waals surface area contributed by atoms with Gasteiger partial charge in [-0.25, -0.2) is 4.39 Å². The van der Waals surface area contributed by atoms with Crippen LogP contribution in [0, 0.1) is 31.0 Å². The van der Waals surface area contributed by atoms with Crippen molar-refractivity contribution >= 4 is 5.82 Å². The molecule has 3 rings (SSSR count). The van der Waals surface area contributed by atoms with Crippen molar-refractivity contribution in [3.63, 3.8) is 0 Å². The summed E-state index contributed by atoms with van der Waals surface area (Å²) in [6, 6.07) is 9.14. The average Bonchev–Trinajstić information content (AvgIpc) is 2.60. The summed E-state index contributed by atoms with van der Waals surface area (Å²) in [5, 5.41) is 17.8. The van der Waals surface area contributed by atoms with Gasteiger partial charge in [0.2, 0.25) is 0 Å². The Morgan fingerprint density at radius 2 is 1.83 bits per heavy atom. The van der Waals surface area contributed by atoms with Gasteiger partial charge in [-0.15, -0.1) is 5.10 Å². The van der Waals surface area contributed by atoms with Gasteiger partial charge in [0.25, 0.3) is 0 Å². The predicted octanol–water partition coefficient (Wildman–Crippen LogP) is 2.43. The zero-order valence-corrected chi connectivity index (χ0v) is 14.0. The third-order valence-corrected chi connectivity index (χ3v) is 4.57. The first-order valence-corrected chi connectivity index (χ1v) is 8.05. The predicted molar refractivity (Wildman–Crippen MR) is 90.1 cm³/mol. The summed E-state index contributed by atoms with van der Waals surface area (Å²) in [4.78, 5) is 4.31. The fourth-order valence-electron chi connectivity index (χ4n) is 2.94. The second-order valence-electron chi connectivity index (χ2n) is 6.08. The molecule has 24 heavy (non-hydrogen) atoms. The largest absolute Gasteiger partial charge is 0.351 e. The Labute approximate surface area is 141 Å². The zero-order chi connectivity index (χ0) is 17.1. The van der Waals surface area contributed by atoms with Gasteiger partial charge in [0.05, 0.1) is 5.69 Å². The first-order valence-electron chi connectivity index (χ1n) is 8.05. The number of nitriles is 1. The Morgan fingerprint density at radius 3 is 2.50 bits per heavy atom. The third-order valence-electron chi connectivity index (χ3n) is 4.57. The minimum atomic E-state index is -0.160. The van der Waals surface area contributed by atoms with Crippen LogP contribution in [0.25, 0.3) is 0 Å². The van der Waals surface area contributed by atoms with E-state index < -0.39 is 0 Å². The minimum Gasteiger partial charge on any atom is -0.351 e. The molecule has 5 nitrogen and oxygen atoms in total. The summed E-state index contributed by atoms with van der Waals surface area (Å²) in [6.45, 7) is 7.46. The average molecular weight is 325 g/mol. The molecule has 6 heteroatoms. The summed E-state index contributed by atoms with van der Waals surface area (Å²) >= 11 is 0. The lowest BCUT2D eigenvalue weighted by atomic mass is 10.1. The number of hydrogen-bond acceptors (Lipinski definition) is 5. The van der Waals surface area contributed by atoms with E-state index in [9.17, 15) is 9.65 Å². The number of anilines is 1. The molecule has 2 heterocycles.